The second-order valence-corrected chi connectivity index (χ2v) is 12.3. The molecule has 2 saturated carbocycles. The molecule has 0 spiro atoms. The van der Waals surface area contributed by atoms with E-state index in [4.69, 9.17) is 0 Å². The maximum atomic E-state index is 12.1. The zero-order valence-electron chi connectivity index (χ0n) is 21.6. The zero-order chi connectivity index (χ0) is 22.8. The quantitative estimate of drug-likeness (QED) is 0.442. The van der Waals surface area contributed by atoms with Crippen molar-refractivity contribution in [1.29, 1.82) is 0 Å². The highest BCUT2D eigenvalue weighted by molar-refractivity contribution is 7.03. The highest BCUT2D eigenvalue weighted by atomic mass is 16.1. The van der Waals surface area contributed by atoms with Crippen LogP contribution in [0.15, 0.2) is 0 Å². The summed E-state index contributed by atoms with van der Waals surface area (Å²) in [5, 5.41) is 3.88. The van der Waals surface area contributed by atoms with Crippen LogP contribution in [0.3, 0.4) is 0 Å². The second kappa shape index (κ2) is 12.9. The topological polar surface area (TPSA) is 29.1 Å². The van der Waals surface area contributed by atoms with Crippen LogP contribution in [0.25, 0.3) is 0 Å². The van der Waals surface area contributed by atoms with Crippen LogP contribution in [0.1, 0.15) is 149 Å². The predicted molar refractivity (Wildman–Crippen MR) is 141 cm³/mol. The number of rotatable bonds is 4. The Balaban J connectivity index is 1.59. The zero-order valence-corrected chi connectivity index (χ0v) is 21.6. The smallest absolute Gasteiger partial charge is 0.219 e. The van der Waals surface area contributed by atoms with Gasteiger partial charge in [0.1, 0.15) is 0 Å². The Kier molecular flexibility index (Phi) is 10.6. The number of hydrogen-bond donors (Lipinski definition) is 1. The molecular weight excluding hydrogens is 388 g/mol. The van der Waals surface area contributed by atoms with Gasteiger partial charge in [-0.05, 0) is 31.1 Å². The molecule has 3 rings (SSSR count). The van der Waals surface area contributed by atoms with Crippen molar-refractivity contribution in [1.82, 2.24) is 5.32 Å². The van der Waals surface area contributed by atoms with Gasteiger partial charge in [0.2, 0.25) is 5.91 Å². The fourth-order valence-electron chi connectivity index (χ4n) is 6.57. The van der Waals surface area contributed by atoms with Gasteiger partial charge in [-0.3, -0.25) is 4.79 Å². The molecule has 1 atom stereocenters. The fourth-order valence-corrected chi connectivity index (χ4v) is 6.57. The number of carbonyl (C=O) groups is 1. The van der Waals surface area contributed by atoms with Crippen molar-refractivity contribution in [2.45, 2.75) is 159 Å². The van der Waals surface area contributed by atoms with E-state index in [0.717, 1.165) is 19.4 Å². The van der Waals surface area contributed by atoms with E-state index in [9.17, 15) is 4.79 Å². The Bertz CT molecular complexity index is 550. The lowest BCUT2D eigenvalue weighted by Gasteiger charge is -2.41. The SMILES string of the molecule is CC1([B][B]C2(C3(C)CCCCCCCCCCC3)CC2)CCCCCCCC(=O)NCC1. The van der Waals surface area contributed by atoms with Gasteiger partial charge in [0.05, 0.1) is 14.3 Å². The average molecular weight is 439 g/mol. The lowest BCUT2D eigenvalue weighted by molar-refractivity contribution is -0.121. The van der Waals surface area contributed by atoms with Crippen molar-refractivity contribution < 1.29 is 4.79 Å². The first-order valence-corrected chi connectivity index (χ1v) is 14.4. The minimum atomic E-state index is 0.226. The first-order chi connectivity index (χ1) is 15.5. The molecule has 2 nitrogen and oxygen atoms in total. The molecule has 32 heavy (non-hydrogen) atoms. The number of carbonyl (C=O) groups excluding carboxylic acids is 1. The molecule has 2 radical (unpaired) electrons. The van der Waals surface area contributed by atoms with Crippen LogP contribution in [0.5, 0.6) is 0 Å². The standard InChI is InChI=1S/C28H51B2NO/c1-26(18-14-10-6-4-3-5-7-11-15-19-26)28(21-22-28)30-29-27(2)20-16-12-8-9-13-17-25(32)31-24-23-27/h3-24H2,1-2H3,(H,31,32). The summed E-state index contributed by atoms with van der Waals surface area (Å²) in [5.41, 5.74) is 0.485. The summed E-state index contributed by atoms with van der Waals surface area (Å²) < 4.78 is 0. The summed E-state index contributed by atoms with van der Waals surface area (Å²) in [7, 11) is 5.33. The molecule has 0 aromatic heterocycles. The van der Waals surface area contributed by atoms with Gasteiger partial charge in [0.25, 0.3) is 0 Å². The molecule has 1 aliphatic heterocycles. The second-order valence-electron chi connectivity index (χ2n) is 12.3. The molecule has 1 saturated heterocycles. The van der Waals surface area contributed by atoms with Crippen LogP contribution in [0, 0.1) is 5.41 Å². The number of amides is 1. The number of nitrogens with one attached hydrogen (secondary N) is 1. The third kappa shape index (κ3) is 8.12. The van der Waals surface area contributed by atoms with Gasteiger partial charge in [-0.1, -0.05) is 127 Å². The first-order valence-electron chi connectivity index (χ1n) is 14.4. The first kappa shape index (κ1) is 26.2. The molecular formula is C28H51B2NO. The molecule has 1 N–H and O–H groups in total. The number of hydrogen-bond acceptors (Lipinski definition) is 1. The highest BCUT2D eigenvalue weighted by Gasteiger charge is 2.55. The van der Waals surface area contributed by atoms with E-state index >= 15 is 0 Å². The van der Waals surface area contributed by atoms with E-state index in [0.29, 0.717) is 17.2 Å². The summed E-state index contributed by atoms with van der Waals surface area (Å²) >= 11 is 0. The van der Waals surface area contributed by atoms with E-state index in [1.165, 1.54) is 116 Å². The molecule has 3 fully saturated rings. The molecule has 180 valence electrons. The highest BCUT2D eigenvalue weighted by Crippen LogP contribution is 2.68. The van der Waals surface area contributed by atoms with Crippen LogP contribution >= 0.6 is 0 Å². The minimum absolute atomic E-state index is 0.226. The van der Waals surface area contributed by atoms with E-state index in [2.05, 4.69) is 33.5 Å². The normalized spacial score (nSPS) is 30.9. The third-order valence-corrected chi connectivity index (χ3v) is 9.42. The van der Waals surface area contributed by atoms with Crippen LogP contribution < -0.4 is 5.32 Å². The molecule has 1 heterocycles. The molecule has 1 unspecified atom stereocenters. The van der Waals surface area contributed by atoms with Crippen LogP contribution in [0.2, 0.25) is 10.6 Å². The molecule has 4 heteroatoms. The summed E-state index contributed by atoms with van der Waals surface area (Å²) in [6, 6.07) is 0. The summed E-state index contributed by atoms with van der Waals surface area (Å²) in [4.78, 5) is 12.1. The predicted octanol–water partition coefficient (Wildman–Crippen LogP) is 8.00. The van der Waals surface area contributed by atoms with E-state index in [1.54, 1.807) is 0 Å². The van der Waals surface area contributed by atoms with Crippen molar-refractivity contribution in [2.75, 3.05) is 6.54 Å². The van der Waals surface area contributed by atoms with Crippen molar-refractivity contribution in [3.05, 3.63) is 0 Å². The lowest BCUT2D eigenvalue weighted by atomic mass is 9.20. The fraction of sp³-hybridized carbons (Fsp3) is 0.964. The van der Waals surface area contributed by atoms with Gasteiger partial charge < -0.3 is 5.32 Å². The Morgan fingerprint density at radius 1 is 0.594 bits per heavy atom. The maximum absolute atomic E-state index is 12.1. The largest absolute Gasteiger partial charge is 0.356 e. The Morgan fingerprint density at radius 3 is 1.66 bits per heavy atom. The van der Waals surface area contributed by atoms with Crippen molar-refractivity contribution in [3.8, 4) is 0 Å². The summed E-state index contributed by atoms with van der Waals surface area (Å²) in [6.07, 6.45) is 27.9. The minimum Gasteiger partial charge on any atom is -0.356 e. The third-order valence-electron chi connectivity index (χ3n) is 9.42. The van der Waals surface area contributed by atoms with Gasteiger partial charge in [-0.15, -0.1) is 0 Å². The van der Waals surface area contributed by atoms with Gasteiger partial charge in [0, 0.05) is 13.0 Å². The van der Waals surface area contributed by atoms with Crippen LogP contribution in [-0.4, -0.2) is 26.8 Å². The van der Waals surface area contributed by atoms with Gasteiger partial charge in [0.15, 0.2) is 0 Å². The Labute approximate surface area is 201 Å². The van der Waals surface area contributed by atoms with Crippen LogP contribution in [-0.2, 0) is 4.79 Å². The van der Waals surface area contributed by atoms with E-state index in [1.807, 2.05) is 0 Å². The van der Waals surface area contributed by atoms with Gasteiger partial charge in [-0.25, -0.2) is 0 Å². The van der Waals surface area contributed by atoms with Crippen molar-refractivity contribution >= 4 is 20.2 Å². The van der Waals surface area contributed by atoms with Crippen LogP contribution in [0.4, 0.5) is 0 Å². The monoisotopic (exact) mass is 439 g/mol. The van der Waals surface area contributed by atoms with Gasteiger partial charge in [-0.2, -0.15) is 0 Å². The van der Waals surface area contributed by atoms with Crippen molar-refractivity contribution in [2.24, 2.45) is 5.41 Å². The van der Waals surface area contributed by atoms with E-state index in [-0.39, 0.29) is 11.2 Å². The van der Waals surface area contributed by atoms with Gasteiger partial charge >= 0.3 is 0 Å². The average Bonchev–Trinajstić information content (AvgIpc) is 3.55. The molecule has 0 aromatic carbocycles. The molecule has 0 bridgehead atoms. The maximum Gasteiger partial charge on any atom is 0.219 e. The van der Waals surface area contributed by atoms with Crippen molar-refractivity contribution in [3.63, 3.8) is 0 Å². The summed E-state index contributed by atoms with van der Waals surface area (Å²) in [6.45, 7) is 5.93. The van der Waals surface area contributed by atoms with E-state index < -0.39 is 0 Å². The molecule has 0 aromatic rings. The molecule has 2 aliphatic carbocycles. The summed E-state index contributed by atoms with van der Waals surface area (Å²) in [5.74, 6) is 0.260. The Hall–Kier alpha value is -0.400. The molecule has 3 aliphatic rings. The molecule has 1 amide bonds. The Morgan fingerprint density at radius 2 is 1.09 bits per heavy atom. The lowest BCUT2D eigenvalue weighted by Crippen LogP contribution is -2.36.